The molecule has 32 heavy (non-hydrogen) atoms. The van der Waals surface area contributed by atoms with Crippen molar-refractivity contribution < 1.29 is 9.30 Å². The van der Waals surface area contributed by atoms with E-state index in [4.69, 9.17) is 4.74 Å². The molecule has 0 saturated carbocycles. The lowest BCUT2D eigenvalue weighted by atomic mass is 9.75. The lowest BCUT2D eigenvalue weighted by Crippen LogP contribution is -2.33. The molecule has 0 fully saturated rings. The number of hydrogen-bond acceptors (Lipinski definition) is 1. The Labute approximate surface area is 192 Å². The van der Waals surface area contributed by atoms with Gasteiger partial charge in [0.1, 0.15) is 11.9 Å². The van der Waals surface area contributed by atoms with E-state index in [9.17, 15) is 0 Å². The summed E-state index contributed by atoms with van der Waals surface area (Å²) in [4.78, 5) is 0. The van der Waals surface area contributed by atoms with Gasteiger partial charge in [-0.15, -0.1) is 0 Å². The predicted octanol–water partition coefficient (Wildman–Crippen LogP) is 6.60. The summed E-state index contributed by atoms with van der Waals surface area (Å²) in [6, 6.07) is 7.14. The zero-order valence-electron chi connectivity index (χ0n) is 19.8. The van der Waals surface area contributed by atoms with Crippen molar-refractivity contribution in [3.63, 3.8) is 0 Å². The maximum absolute atomic E-state index is 6.92. The van der Waals surface area contributed by atoms with E-state index >= 15 is 0 Å². The Balaban J connectivity index is 1.43. The summed E-state index contributed by atoms with van der Waals surface area (Å²) >= 11 is 0. The van der Waals surface area contributed by atoms with E-state index in [1.807, 2.05) is 0 Å². The highest BCUT2D eigenvalue weighted by Crippen LogP contribution is 2.52. The molecule has 2 aromatic rings. The van der Waals surface area contributed by atoms with E-state index < -0.39 is 0 Å². The Morgan fingerprint density at radius 2 is 2.03 bits per heavy atom. The number of nitrogens with zero attached hydrogens (tertiary/aromatic N) is 1. The van der Waals surface area contributed by atoms with Gasteiger partial charge in [0.2, 0.25) is 5.69 Å². The summed E-state index contributed by atoms with van der Waals surface area (Å²) in [5.74, 6) is 2.01. The highest BCUT2D eigenvalue weighted by atomic mass is 16.5. The van der Waals surface area contributed by atoms with Gasteiger partial charge in [-0.2, -0.15) is 4.57 Å². The van der Waals surface area contributed by atoms with Crippen molar-refractivity contribution in [3.05, 3.63) is 82.6 Å². The minimum absolute atomic E-state index is 0.229. The summed E-state index contributed by atoms with van der Waals surface area (Å²) < 4.78 is 9.35. The Bertz CT molecular complexity index is 1190. The maximum Gasteiger partial charge on any atom is 0.217 e. The van der Waals surface area contributed by atoms with Gasteiger partial charge in [0.15, 0.2) is 12.7 Å². The monoisotopic (exact) mass is 424 g/mol. The molecule has 0 radical (unpaired) electrons. The first-order valence-electron chi connectivity index (χ1n) is 12.3. The second-order valence-electron chi connectivity index (χ2n) is 11.3. The molecule has 3 unspecified atom stereocenters. The minimum atomic E-state index is 0.229. The van der Waals surface area contributed by atoms with Gasteiger partial charge in [-0.3, -0.25) is 0 Å². The molecule has 2 nitrogen and oxygen atoms in total. The van der Waals surface area contributed by atoms with E-state index in [0.717, 1.165) is 31.6 Å². The summed E-state index contributed by atoms with van der Waals surface area (Å²) in [6.45, 7) is 10.2. The van der Waals surface area contributed by atoms with Crippen molar-refractivity contribution in [2.75, 3.05) is 0 Å². The van der Waals surface area contributed by atoms with Gasteiger partial charge >= 0.3 is 0 Å². The average molecular weight is 425 g/mol. The number of rotatable bonds is 2. The van der Waals surface area contributed by atoms with Gasteiger partial charge in [0.05, 0.1) is 5.56 Å². The van der Waals surface area contributed by atoms with Crippen molar-refractivity contribution >= 4 is 0 Å². The molecule has 6 rings (SSSR count). The normalized spacial score (nSPS) is 25.0. The third-order valence-corrected chi connectivity index (χ3v) is 7.69. The van der Waals surface area contributed by atoms with Crippen LogP contribution in [-0.2, 0) is 13.0 Å². The van der Waals surface area contributed by atoms with Gasteiger partial charge in [-0.1, -0.05) is 68.9 Å². The molecule has 3 atom stereocenters. The number of aryl methyl sites for hydroxylation is 1. The Morgan fingerprint density at radius 3 is 2.81 bits per heavy atom. The molecule has 3 heterocycles. The van der Waals surface area contributed by atoms with Crippen LogP contribution in [0.1, 0.15) is 68.2 Å². The number of aromatic nitrogens is 1. The molecular weight excluding hydrogens is 390 g/mol. The SMILES string of the molecule is Cc1c[n+]2c(cc1CC(C)(C)C)-c1c(ccc3c1OC1C(C4=CC=CCC4)CC=CC31)C2. The third-order valence-electron chi connectivity index (χ3n) is 7.69. The first-order valence-corrected chi connectivity index (χ1v) is 12.3. The van der Waals surface area contributed by atoms with Gasteiger partial charge in [-0.05, 0) is 43.6 Å². The van der Waals surface area contributed by atoms with Crippen molar-refractivity contribution in [1.82, 2.24) is 0 Å². The average Bonchev–Trinajstić information content (AvgIpc) is 3.31. The van der Waals surface area contributed by atoms with E-state index in [1.165, 1.54) is 39.9 Å². The number of hydrogen-bond donors (Lipinski definition) is 0. The molecule has 1 aromatic heterocycles. The Hall–Kier alpha value is -2.61. The first kappa shape index (κ1) is 20.0. The van der Waals surface area contributed by atoms with Crippen molar-refractivity contribution in [1.29, 1.82) is 0 Å². The van der Waals surface area contributed by atoms with Crippen LogP contribution in [0.15, 0.2) is 60.3 Å². The molecule has 0 spiro atoms. The first-order chi connectivity index (χ1) is 15.4. The minimum Gasteiger partial charge on any atom is -0.488 e. The summed E-state index contributed by atoms with van der Waals surface area (Å²) in [7, 11) is 0. The van der Waals surface area contributed by atoms with Crippen molar-refractivity contribution in [2.24, 2.45) is 11.3 Å². The molecule has 0 amide bonds. The molecule has 2 heteroatoms. The van der Waals surface area contributed by atoms with Gasteiger partial charge < -0.3 is 4.74 Å². The number of ether oxygens (including phenoxy) is 1. The molecule has 4 aliphatic rings. The third kappa shape index (κ3) is 3.18. The summed E-state index contributed by atoms with van der Waals surface area (Å²) in [5.41, 5.74) is 10.1. The van der Waals surface area contributed by atoms with E-state index in [0.29, 0.717) is 11.8 Å². The molecule has 0 saturated heterocycles. The van der Waals surface area contributed by atoms with Gasteiger partial charge in [0, 0.05) is 34.6 Å². The molecule has 0 bridgehead atoms. The predicted molar refractivity (Wildman–Crippen MR) is 130 cm³/mol. The van der Waals surface area contributed by atoms with Crippen LogP contribution in [0.25, 0.3) is 11.3 Å². The highest BCUT2D eigenvalue weighted by molar-refractivity contribution is 5.75. The topological polar surface area (TPSA) is 13.1 Å². The molecule has 1 aromatic carbocycles. The van der Waals surface area contributed by atoms with Crippen LogP contribution in [-0.4, -0.2) is 6.10 Å². The Kier molecular flexibility index (Phi) is 4.51. The lowest BCUT2D eigenvalue weighted by Gasteiger charge is -2.32. The zero-order valence-corrected chi connectivity index (χ0v) is 19.8. The second kappa shape index (κ2) is 7.20. The molecular formula is C30H34NO+. The number of pyridine rings is 1. The van der Waals surface area contributed by atoms with Crippen molar-refractivity contribution in [3.8, 4) is 17.0 Å². The lowest BCUT2D eigenvalue weighted by molar-refractivity contribution is -0.672. The maximum atomic E-state index is 6.92. The van der Waals surface area contributed by atoms with Crippen LogP contribution in [0.3, 0.4) is 0 Å². The second-order valence-corrected chi connectivity index (χ2v) is 11.3. The zero-order chi connectivity index (χ0) is 22.0. The highest BCUT2D eigenvalue weighted by Gasteiger charge is 2.45. The van der Waals surface area contributed by atoms with Crippen LogP contribution in [0.2, 0.25) is 0 Å². The fourth-order valence-electron chi connectivity index (χ4n) is 6.21. The smallest absolute Gasteiger partial charge is 0.217 e. The van der Waals surface area contributed by atoms with E-state index in [-0.39, 0.29) is 11.5 Å². The van der Waals surface area contributed by atoms with Crippen LogP contribution in [0.5, 0.6) is 5.75 Å². The quantitative estimate of drug-likeness (QED) is 0.334. The fraction of sp³-hybridized carbons (Fsp3) is 0.433. The molecule has 2 aliphatic carbocycles. The van der Waals surface area contributed by atoms with Crippen LogP contribution in [0, 0.1) is 18.3 Å². The van der Waals surface area contributed by atoms with Crippen molar-refractivity contribution in [2.45, 2.75) is 71.9 Å². The number of allylic oxidation sites excluding steroid dienone is 4. The molecule has 0 N–H and O–H groups in total. The number of benzene rings is 1. The molecule has 164 valence electrons. The van der Waals surface area contributed by atoms with Gasteiger partial charge in [0.25, 0.3) is 0 Å². The van der Waals surface area contributed by atoms with Crippen LogP contribution < -0.4 is 9.30 Å². The summed E-state index contributed by atoms with van der Waals surface area (Å²) in [6.07, 6.45) is 18.8. The Morgan fingerprint density at radius 1 is 1.16 bits per heavy atom. The van der Waals surface area contributed by atoms with Gasteiger partial charge in [-0.25, -0.2) is 0 Å². The van der Waals surface area contributed by atoms with E-state index in [2.05, 4.69) is 87.0 Å². The summed E-state index contributed by atoms with van der Waals surface area (Å²) in [5, 5.41) is 0. The largest absolute Gasteiger partial charge is 0.488 e. The standard InChI is InChI=1S/C30H34NO/c1-19-17-31-18-21-13-14-25-24-12-8-11-23(20-9-6-5-7-10-20)28(24)32-29(25)27(21)26(31)15-22(19)16-30(2,3)4/h5-6,8-9,12-15,17,23-24,28H,7,10-11,16,18H2,1-4H3/q+1. The van der Waals surface area contributed by atoms with E-state index in [1.54, 1.807) is 5.57 Å². The fourth-order valence-corrected chi connectivity index (χ4v) is 6.21. The van der Waals surface area contributed by atoms with Crippen LogP contribution >= 0.6 is 0 Å². The molecule has 2 aliphatic heterocycles. The van der Waals surface area contributed by atoms with Crippen LogP contribution in [0.4, 0.5) is 0 Å². The number of fused-ring (bicyclic) bond motifs is 7.